The molecule has 0 bridgehead atoms. The Morgan fingerprint density at radius 2 is 1.67 bits per heavy atom. The van der Waals surface area contributed by atoms with E-state index in [9.17, 15) is 26.3 Å². The zero-order valence-electron chi connectivity index (χ0n) is 18.7. The van der Waals surface area contributed by atoms with Crippen molar-refractivity contribution in [1.82, 2.24) is 15.0 Å². The first kappa shape index (κ1) is 23.9. The van der Waals surface area contributed by atoms with Crippen molar-refractivity contribution in [3.05, 3.63) is 71.2 Å². The maximum atomic E-state index is 13.6. The van der Waals surface area contributed by atoms with Crippen LogP contribution in [0.15, 0.2) is 48.8 Å². The fourth-order valence-electron chi connectivity index (χ4n) is 3.82. The highest BCUT2D eigenvalue weighted by Crippen LogP contribution is 2.37. The zero-order chi connectivity index (χ0) is 25.5. The van der Waals surface area contributed by atoms with E-state index in [1.165, 1.54) is 35.5 Å². The first-order chi connectivity index (χ1) is 17.1. The summed E-state index contributed by atoms with van der Waals surface area (Å²) in [5, 5.41) is 6.24. The zero-order valence-corrected chi connectivity index (χ0v) is 18.7. The van der Waals surface area contributed by atoms with E-state index in [1.54, 1.807) is 6.08 Å². The van der Waals surface area contributed by atoms with Crippen LogP contribution < -0.4 is 15.5 Å². The molecule has 0 saturated heterocycles. The highest BCUT2D eigenvalue weighted by atomic mass is 19.4. The van der Waals surface area contributed by atoms with E-state index in [4.69, 9.17) is 0 Å². The molecule has 0 spiro atoms. The predicted molar refractivity (Wildman–Crippen MR) is 123 cm³/mol. The second-order valence-corrected chi connectivity index (χ2v) is 8.51. The van der Waals surface area contributed by atoms with Gasteiger partial charge in [0.1, 0.15) is 11.6 Å². The highest BCUT2D eigenvalue weighted by molar-refractivity contribution is 5.73. The van der Waals surface area contributed by atoms with Crippen LogP contribution in [0.2, 0.25) is 0 Å². The van der Waals surface area contributed by atoms with Crippen LogP contribution in [0.4, 0.5) is 49.6 Å². The number of alkyl halides is 6. The molecule has 1 aliphatic carbocycles. The van der Waals surface area contributed by atoms with E-state index in [-0.39, 0.29) is 18.4 Å². The molecule has 188 valence electrons. The fraction of sp³-hybridized carbons (Fsp3) is 0.292. The molecule has 5 rings (SSSR count). The van der Waals surface area contributed by atoms with Gasteiger partial charge in [-0.25, -0.2) is 9.97 Å². The standard InChI is InChI=1S/C24H20F6N6/c25-23(26,27)14-3-5-15(6-4-14)32-20-17-9-12-36(21-18(24(28,29)30)2-1-11-31-21)13-10-19(17)34-22(35-20)33-16-7-8-16/h1-6,9,11-12,16H,7-8,10,13H2,(H2,32,33,34,35). The number of nitrogens with zero attached hydrogens (tertiary/aromatic N) is 4. The lowest BCUT2D eigenvalue weighted by Crippen LogP contribution is -2.23. The molecule has 0 radical (unpaired) electrons. The van der Waals surface area contributed by atoms with Crippen molar-refractivity contribution in [2.24, 2.45) is 0 Å². The maximum Gasteiger partial charge on any atom is 0.419 e. The number of pyridine rings is 1. The molecule has 1 fully saturated rings. The average Bonchev–Trinajstić information content (AvgIpc) is 3.65. The molecule has 2 N–H and O–H groups in total. The second-order valence-electron chi connectivity index (χ2n) is 8.51. The van der Waals surface area contributed by atoms with Gasteiger partial charge in [-0.1, -0.05) is 0 Å². The van der Waals surface area contributed by atoms with Crippen molar-refractivity contribution in [2.75, 3.05) is 22.1 Å². The molecule has 0 unspecified atom stereocenters. The van der Waals surface area contributed by atoms with E-state index in [1.807, 2.05) is 0 Å². The van der Waals surface area contributed by atoms with Crippen molar-refractivity contribution in [2.45, 2.75) is 37.7 Å². The van der Waals surface area contributed by atoms with E-state index < -0.39 is 23.5 Å². The Bertz CT molecular complexity index is 1280. The van der Waals surface area contributed by atoms with Gasteiger partial charge in [0.15, 0.2) is 0 Å². The van der Waals surface area contributed by atoms with Crippen molar-refractivity contribution in [3.8, 4) is 0 Å². The fourth-order valence-corrected chi connectivity index (χ4v) is 3.82. The molecule has 2 aliphatic rings. The molecule has 1 saturated carbocycles. The van der Waals surface area contributed by atoms with Gasteiger partial charge < -0.3 is 15.5 Å². The molecule has 0 atom stereocenters. The third-order valence-corrected chi connectivity index (χ3v) is 5.78. The van der Waals surface area contributed by atoms with E-state index in [2.05, 4.69) is 25.6 Å². The number of aromatic nitrogens is 3. The van der Waals surface area contributed by atoms with Gasteiger partial charge in [-0.3, -0.25) is 0 Å². The van der Waals surface area contributed by atoms with Gasteiger partial charge in [0.2, 0.25) is 5.95 Å². The van der Waals surface area contributed by atoms with Crippen LogP contribution in [0.3, 0.4) is 0 Å². The molecule has 3 heterocycles. The SMILES string of the molecule is FC(F)(F)c1ccc(Nc2nc(NC3CC3)nc3c2C=CN(c2ncccc2C(F)(F)F)CC3)cc1. The smallest absolute Gasteiger partial charge is 0.351 e. The lowest BCUT2D eigenvalue weighted by atomic mass is 10.1. The molecular weight excluding hydrogens is 486 g/mol. The van der Waals surface area contributed by atoms with Crippen LogP contribution in [-0.4, -0.2) is 27.5 Å². The van der Waals surface area contributed by atoms with Crippen molar-refractivity contribution >= 4 is 29.3 Å². The molecule has 2 aromatic heterocycles. The van der Waals surface area contributed by atoms with Crippen molar-refractivity contribution in [1.29, 1.82) is 0 Å². The summed E-state index contributed by atoms with van der Waals surface area (Å²) in [5.41, 5.74) is -0.142. The summed E-state index contributed by atoms with van der Waals surface area (Å²) < 4.78 is 79.5. The normalized spacial score (nSPS) is 15.9. The van der Waals surface area contributed by atoms with Crippen LogP contribution in [0.25, 0.3) is 6.08 Å². The third-order valence-electron chi connectivity index (χ3n) is 5.78. The molecule has 1 aliphatic heterocycles. The van der Waals surface area contributed by atoms with Crippen LogP contribution in [0.1, 0.15) is 35.2 Å². The number of hydrogen-bond acceptors (Lipinski definition) is 6. The van der Waals surface area contributed by atoms with E-state index in [0.717, 1.165) is 31.0 Å². The van der Waals surface area contributed by atoms with Gasteiger partial charge in [-0.15, -0.1) is 0 Å². The number of hydrogen-bond donors (Lipinski definition) is 2. The Morgan fingerprint density at radius 1 is 0.917 bits per heavy atom. The quantitative estimate of drug-likeness (QED) is 0.398. The minimum Gasteiger partial charge on any atom is -0.351 e. The number of fused-ring (bicyclic) bond motifs is 1. The Balaban J connectivity index is 1.49. The molecule has 0 amide bonds. The van der Waals surface area contributed by atoms with Crippen LogP contribution in [0.5, 0.6) is 0 Å². The number of benzene rings is 1. The summed E-state index contributed by atoms with van der Waals surface area (Å²) in [7, 11) is 0. The lowest BCUT2D eigenvalue weighted by Gasteiger charge is -2.21. The predicted octanol–water partition coefficient (Wildman–Crippen LogP) is 6.26. The van der Waals surface area contributed by atoms with Gasteiger partial charge in [-0.2, -0.15) is 31.3 Å². The Labute approximate surface area is 202 Å². The monoisotopic (exact) mass is 506 g/mol. The number of nitrogens with one attached hydrogen (secondary N) is 2. The van der Waals surface area contributed by atoms with Gasteiger partial charge in [0.25, 0.3) is 0 Å². The Hall–Kier alpha value is -3.83. The minimum absolute atomic E-state index is 0.184. The summed E-state index contributed by atoms with van der Waals surface area (Å²) in [6.45, 7) is 0.184. The number of anilines is 4. The van der Waals surface area contributed by atoms with Gasteiger partial charge in [0.05, 0.1) is 16.8 Å². The maximum absolute atomic E-state index is 13.6. The van der Waals surface area contributed by atoms with Crippen LogP contribution >= 0.6 is 0 Å². The Kier molecular flexibility index (Phi) is 5.97. The van der Waals surface area contributed by atoms with Gasteiger partial charge >= 0.3 is 12.4 Å². The highest BCUT2D eigenvalue weighted by Gasteiger charge is 2.36. The summed E-state index contributed by atoms with van der Waals surface area (Å²) in [4.78, 5) is 14.4. The van der Waals surface area contributed by atoms with Gasteiger partial charge in [-0.05, 0) is 55.3 Å². The topological polar surface area (TPSA) is 66.0 Å². The summed E-state index contributed by atoms with van der Waals surface area (Å²) >= 11 is 0. The minimum atomic E-state index is -4.58. The molecule has 1 aromatic carbocycles. The molecular formula is C24H20F6N6. The second kappa shape index (κ2) is 8.99. The average molecular weight is 506 g/mol. The van der Waals surface area contributed by atoms with Crippen LogP contribution in [0, 0.1) is 0 Å². The molecule has 36 heavy (non-hydrogen) atoms. The molecule has 6 nitrogen and oxygen atoms in total. The largest absolute Gasteiger partial charge is 0.419 e. The van der Waals surface area contributed by atoms with Crippen molar-refractivity contribution in [3.63, 3.8) is 0 Å². The van der Waals surface area contributed by atoms with E-state index in [0.29, 0.717) is 35.1 Å². The summed E-state index contributed by atoms with van der Waals surface area (Å²) in [6.07, 6.45) is -2.44. The van der Waals surface area contributed by atoms with Crippen LogP contribution in [-0.2, 0) is 18.8 Å². The third kappa shape index (κ3) is 5.21. The summed E-state index contributed by atoms with van der Waals surface area (Å²) in [6, 6.07) is 6.95. The van der Waals surface area contributed by atoms with E-state index >= 15 is 0 Å². The Morgan fingerprint density at radius 3 is 2.33 bits per heavy atom. The first-order valence-corrected chi connectivity index (χ1v) is 11.2. The molecule has 3 aromatic rings. The number of halogens is 6. The summed E-state index contributed by atoms with van der Waals surface area (Å²) in [5.74, 6) is 0.454. The van der Waals surface area contributed by atoms with Crippen molar-refractivity contribution < 1.29 is 26.3 Å². The molecule has 12 heteroatoms. The lowest BCUT2D eigenvalue weighted by molar-refractivity contribution is -0.138. The first-order valence-electron chi connectivity index (χ1n) is 11.2. The number of rotatable bonds is 5. The van der Waals surface area contributed by atoms with Gasteiger partial charge in [0, 0.05) is 42.7 Å².